The van der Waals surface area contributed by atoms with E-state index < -0.39 is 12.3 Å². The molecule has 1 atom stereocenters. The van der Waals surface area contributed by atoms with Crippen LogP contribution >= 0.6 is 0 Å². The number of hydrogen-bond donors (Lipinski definition) is 0. The van der Waals surface area contributed by atoms with Crippen molar-refractivity contribution in [2.24, 2.45) is 5.92 Å². The molecule has 2 heterocycles. The van der Waals surface area contributed by atoms with E-state index in [0.717, 1.165) is 0 Å². The van der Waals surface area contributed by atoms with Gasteiger partial charge in [-0.1, -0.05) is 0 Å². The van der Waals surface area contributed by atoms with Gasteiger partial charge >= 0.3 is 12.1 Å². The molecule has 0 aromatic rings. The second kappa shape index (κ2) is 8.95. The molecule has 2 aliphatic heterocycles. The average Bonchev–Trinajstić information content (AvgIpc) is 2.54. The van der Waals surface area contributed by atoms with E-state index in [9.17, 15) is 9.59 Å². The van der Waals surface area contributed by atoms with Gasteiger partial charge in [0.25, 0.3) is 0 Å². The highest BCUT2D eigenvalue weighted by Crippen LogP contribution is 2.16. The third kappa shape index (κ3) is 5.81. The lowest BCUT2D eigenvalue weighted by molar-refractivity contribution is -0.155. The molecule has 7 nitrogen and oxygen atoms in total. The van der Waals surface area contributed by atoms with Crippen molar-refractivity contribution in [2.75, 3.05) is 33.0 Å². The van der Waals surface area contributed by atoms with Gasteiger partial charge in [0.1, 0.15) is 18.8 Å². The summed E-state index contributed by atoms with van der Waals surface area (Å²) in [5.74, 6) is -0.369. The van der Waals surface area contributed by atoms with E-state index in [1.54, 1.807) is 6.92 Å². The molecule has 0 aromatic heterocycles. The van der Waals surface area contributed by atoms with Crippen molar-refractivity contribution in [3.63, 3.8) is 0 Å². The molecule has 126 valence electrons. The maximum absolute atomic E-state index is 11.8. The van der Waals surface area contributed by atoms with Crippen LogP contribution in [-0.2, 0) is 28.5 Å². The Kier molecular flexibility index (Phi) is 6.92. The van der Waals surface area contributed by atoms with Gasteiger partial charge < -0.3 is 23.7 Å². The summed E-state index contributed by atoms with van der Waals surface area (Å²) in [6.45, 7) is 4.07. The highest BCUT2D eigenvalue weighted by Gasteiger charge is 2.25. The summed E-state index contributed by atoms with van der Waals surface area (Å²) in [7, 11) is 0. The Hall–Kier alpha value is -1.34. The number of rotatable bonds is 5. The highest BCUT2D eigenvalue weighted by atomic mass is 16.7. The smallest absolute Gasteiger partial charge is 0.462 e. The van der Waals surface area contributed by atoms with Crippen molar-refractivity contribution in [2.45, 2.75) is 44.8 Å². The fourth-order valence-corrected chi connectivity index (χ4v) is 2.41. The van der Waals surface area contributed by atoms with E-state index in [2.05, 4.69) is 0 Å². The summed E-state index contributed by atoms with van der Waals surface area (Å²) in [5, 5.41) is 0. The van der Waals surface area contributed by atoms with E-state index in [1.165, 1.54) is 0 Å². The number of carbonyl (C=O) groups excluding carboxylic acids is 2. The molecule has 0 aliphatic carbocycles. The number of carbonyl (C=O) groups is 2. The SMILES string of the molecule is CC(COC(=O)C1CCOCC1)OC(=O)OC1CCOCC1. The van der Waals surface area contributed by atoms with E-state index in [1.807, 2.05) is 0 Å². The number of esters is 1. The second-order valence-electron chi connectivity index (χ2n) is 5.62. The van der Waals surface area contributed by atoms with Gasteiger partial charge in [0, 0.05) is 26.1 Å². The van der Waals surface area contributed by atoms with Crippen molar-refractivity contribution < 1.29 is 33.3 Å². The molecule has 2 saturated heterocycles. The van der Waals surface area contributed by atoms with Crippen LogP contribution in [0.4, 0.5) is 4.79 Å². The zero-order valence-corrected chi connectivity index (χ0v) is 13.0. The Morgan fingerprint density at radius 3 is 2.27 bits per heavy atom. The second-order valence-corrected chi connectivity index (χ2v) is 5.62. The lowest BCUT2D eigenvalue weighted by Gasteiger charge is -2.23. The quantitative estimate of drug-likeness (QED) is 0.714. The summed E-state index contributed by atoms with van der Waals surface area (Å²) >= 11 is 0. The molecule has 0 amide bonds. The molecule has 7 heteroatoms. The van der Waals surface area contributed by atoms with Crippen LogP contribution in [0.2, 0.25) is 0 Å². The van der Waals surface area contributed by atoms with Gasteiger partial charge in [-0.3, -0.25) is 4.79 Å². The number of ether oxygens (including phenoxy) is 5. The van der Waals surface area contributed by atoms with Gasteiger partial charge in [0.15, 0.2) is 0 Å². The van der Waals surface area contributed by atoms with Crippen LogP contribution in [0, 0.1) is 5.92 Å². The standard InChI is InChI=1S/C15H24O7/c1-11(10-20-14(16)12-2-6-18-7-3-12)21-15(17)22-13-4-8-19-9-5-13/h11-13H,2-10H2,1H3. The molecular formula is C15H24O7. The number of hydrogen-bond acceptors (Lipinski definition) is 7. The van der Waals surface area contributed by atoms with Crippen LogP contribution < -0.4 is 0 Å². The zero-order valence-electron chi connectivity index (χ0n) is 13.0. The van der Waals surface area contributed by atoms with Gasteiger partial charge in [-0.25, -0.2) is 4.79 Å². The minimum Gasteiger partial charge on any atom is -0.462 e. The van der Waals surface area contributed by atoms with Crippen molar-refractivity contribution in [1.82, 2.24) is 0 Å². The van der Waals surface area contributed by atoms with Gasteiger partial charge in [0.05, 0.1) is 19.1 Å². The van der Waals surface area contributed by atoms with E-state index in [0.29, 0.717) is 52.1 Å². The van der Waals surface area contributed by atoms with Crippen LogP contribution in [0.25, 0.3) is 0 Å². The van der Waals surface area contributed by atoms with Crippen LogP contribution in [-0.4, -0.2) is 57.4 Å². The van der Waals surface area contributed by atoms with E-state index in [-0.39, 0.29) is 24.6 Å². The first-order valence-corrected chi connectivity index (χ1v) is 7.84. The molecule has 0 spiro atoms. The van der Waals surface area contributed by atoms with Crippen LogP contribution in [0.5, 0.6) is 0 Å². The molecule has 2 aliphatic rings. The van der Waals surface area contributed by atoms with Crippen molar-refractivity contribution in [3.05, 3.63) is 0 Å². The molecule has 2 rings (SSSR count). The molecule has 0 aromatic carbocycles. The Morgan fingerprint density at radius 1 is 1.05 bits per heavy atom. The fourth-order valence-electron chi connectivity index (χ4n) is 2.41. The molecule has 1 unspecified atom stereocenters. The third-order valence-corrected chi connectivity index (χ3v) is 3.74. The van der Waals surface area contributed by atoms with Crippen molar-refractivity contribution >= 4 is 12.1 Å². The van der Waals surface area contributed by atoms with Crippen LogP contribution in [0.1, 0.15) is 32.6 Å². The van der Waals surface area contributed by atoms with Crippen molar-refractivity contribution in [1.29, 1.82) is 0 Å². The van der Waals surface area contributed by atoms with E-state index >= 15 is 0 Å². The minimum absolute atomic E-state index is 0.0407. The first kappa shape index (κ1) is 17.0. The minimum atomic E-state index is -0.721. The first-order chi connectivity index (χ1) is 10.6. The lowest BCUT2D eigenvalue weighted by atomic mass is 10.0. The third-order valence-electron chi connectivity index (χ3n) is 3.74. The fraction of sp³-hybridized carbons (Fsp3) is 0.867. The summed E-state index contributed by atoms with van der Waals surface area (Å²) < 4.78 is 25.8. The summed E-state index contributed by atoms with van der Waals surface area (Å²) in [5.41, 5.74) is 0. The Morgan fingerprint density at radius 2 is 1.64 bits per heavy atom. The molecular weight excluding hydrogens is 292 g/mol. The summed E-state index contributed by atoms with van der Waals surface area (Å²) in [6.07, 6.45) is 1.32. The summed E-state index contributed by atoms with van der Waals surface area (Å²) in [6, 6.07) is 0. The van der Waals surface area contributed by atoms with Gasteiger partial charge in [0.2, 0.25) is 0 Å². The molecule has 0 saturated carbocycles. The lowest BCUT2D eigenvalue weighted by Crippen LogP contribution is -2.31. The molecule has 0 radical (unpaired) electrons. The topological polar surface area (TPSA) is 80.3 Å². The summed E-state index contributed by atoms with van der Waals surface area (Å²) in [4.78, 5) is 23.5. The maximum atomic E-state index is 11.8. The van der Waals surface area contributed by atoms with Crippen LogP contribution in [0.3, 0.4) is 0 Å². The van der Waals surface area contributed by atoms with E-state index in [4.69, 9.17) is 23.7 Å². The largest absolute Gasteiger partial charge is 0.508 e. The first-order valence-electron chi connectivity index (χ1n) is 7.84. The molecule has 2 fully saturated rings. The monoisotopic (exact) mass is 316 g/mol. The normalized spacial score (nSPS) is 21.9. The molecule has 22 heavy (non-hydrogen) atoms. The highest BCUT2D eigenvalue weighted by molar-refractivity contribution is 5.72. The maximum Gasteiger partial charge on any atom is 0.508 e. The van der Waals surface area contributed by atoms with Gasteiger partial charge in [-0.15, -0.1) is 0 Å². The predicted molar refractivity (Wildman–Crippen MR) is 75.4 cm³/mol. The average molecular weight is 316 g/mol. The predicted octanol–water partition coefficient (Wildman–Crippen LogP) is 1.68. The molecule has 0 N–H and O–H groups in total. The zero-order chi connectivity index (χ0) is 15.8. The molecule has 0 bridgehead atoms. The Bertz CT molecular complexity index is 359. The van der Waals surface area contributed by atoms with Crippen LogP contribution in [0.15, 0.2) is 0 Å². The van der Waals surface area contributed by atoms with Gasteiger partial charge in [-0.05, 0) is 19.8 Å². The Labute approximate surface area is 130 Å². The Balaban J connectivity index is 1.60. The van der Waals surface area contributed by atoms with Crippen molar-refractivity contribution in [3.8, 4) is 0 Å². The van der Waals surface area contributed by atoms with Gasteiger partial charge in [-0.2, -0.15) is 0 Å².